The summed E-state index contributed by atoms with van der Waals surface area (Å²) in [5.74, 6) is -1.03. The molecular formula is C42H35N3O7S. The summed E-state index contributed by atoms with van der Waals surface area (Å²) < 4.78 is 10.9. The van der Waals surface area contributed by atoms with Crippen LogP contribution in [0.15, 0.2) is 126 Å². The molecule has 11 heteroatoms. The Bertz CT molecular complexity index is 2270. The molecule has 1 atom stereocenters. The minimum absolute atomic E-state index is 0.0453. The van der Waals surface area contributed by atoms with E-state index in [1.165, 1.54) is 32.1 Å². The number of methoxy groups -OCH3 is 2. The molecule has 0 aliphatic heterocycles. The number of carbonyl (C=O) groups is 5. The second-order valence-electron chi connectivity index (χ2n) is 11.9. The Morgan fingerprint density at radius 2 is 1.43 bits per heavy atom. The lowest BCUT2D eigenvalue weighted by Gasteiger charge is -2.21. The first-order valence-electron chi connectivity index (χ1n) is 16.7. The standard InChI is InChI=1S/C42H35N3O7S/c1-4-36(42(50)44-33-19-11-18-32-37(33)39(47)31-17-9-8-16-30(31)38(32)46)53-29-15-10-14-27(24-29)43-41(49)34(45-40(48)25-12-6-5-7-13-25)23-26-22-28(51-2)20-21-35(26)52-3/h5-24,36H,4H2,1-3H3,(H,43,49)(H,44,50)(H,45,48)/b34-23+. The molecule has 5 aromatic carbocycles. The van der Waals surface area contributed by atoms with Crippen molar-refractivity contribution in [1.29, 1.82) is 0 Å². The maximum atomic E-state index is 13.8. The molecule has 0 bridgehead atoms. The smallest absolute Gasteiger partial charge is 0.272 e. The number of fused-ring (bicyclic) bond motifs is 2. The number of nitrogens with one attached hydrogen (secondary N) is 3. The summed E-state index contributed by atoms with van der Waals surface area (Å²) in [5.41, 5.74) is 2.56. The van der Waals surface area contributed by atoms with Crippen molar-refractivity contribution in [2.45, 2.75) is 23.5 Å². The normalized spacial score (nSPS) is 12.5. The molecule has 6 rings (SSSR count). The second-order valence-corrected chi connectivity index (χ2v) is 13.2. The quantitative estimate of drug-likeness (QED) is 0.0877. The Hall–Kier alpha value is -6.46. The topological polar surface area (TPSA) is 140 Å². The van der Waals surface area contributed by atoms with Gasteiger partial charge >= 0.3 is 0 Å². The molecule has 0 heterocycles. The summed E-state index contributed by atoms with van der Waals surface area (Å²) in [4.78, 5) is 68.0. The molecular weight excluding hydrogens is 691 g/mol. The molecule has 1 unspecified atom stereocenters. The van der Waals surface area contributed by atoms with Crippen molar-refractivity contribution in [2.24, 2.45) is 0 Å². The summed E-state index contributed by atoms with van der Waals surface area (Å²) in [5, 5.41) is 7.89. The highest BCUT2D eigenvalue weighted by molar-refractivity contribution is 8.00. The van der Waals surface area contributed by atoms with E-state index >= 15 is 0 Å². The van der Waals surface area contributed by atoms with Gasteiger partial charge in [-0.15, -0.1) is 11.8 Å². The molecule has 10 nitrogen and oxygen atoms in total. The van der Waals surface area contributed by atoms with Crippen LogP contribution in [0.4, 0.5) is 11.4 Å². The van der Waals surface area contributed by atoms with Crippen LogP contribution < -0.4 is 25.4 Å². The van der Waals surface area contributed by atoms with Gasteiger partial charge in [0.25, 0.3) is 11.8 Å². The van der Waals surface area contributed by atoms with Crippen molar-refractivity contribution in [3.05, 3.63) is 154 Å². The highest BCUT2D eigenvalue weighted by Gasteiger charge is 2.32. The summed E-state index contributed by atoms with van der Waals surface area (Å²) in [6.07, 6.45) is 1.95. The number of ether oxygens (including phenoxy) is 2. The number of hydrogen-bond acceptors (Lipinski definition) is 8. The molecule has 1 aliphatic carbocycles. The van der Waals surface area contributed by atoms with Gasteiger partial charge in [0, 0.05) is 38.4 Å². The molecule has 0 radical (unpaired) electrons. The molecule has 3 amide bonds. The van der Waals surface area contributed by atoms with Gasteiger partial charge in [-0.05, 0) is 67.1 Å². The summed E-state index contributed by atoms with van der Waals surface area (Å²) in [6.45, 7) is 1.87. The van der Waals surface area contributed by atoms with Crippen molar-refractivity contribution >= 4 is 58.5 Å². The Labute approximate surface area is 310 Å². The van der Waals surface area contributed by atoms with Crippen LogP contribution in [-0.2, 0) is 9.59 Å². The average Bonchev–Trinajstić information content (AvgIpc) is 3.19. The number of hydrogen-bond donors (Lipinski definition) is 3. The molecule has 0 aromatic heterocycles. The van der Waals surface area contributed by atoms with Gasteiger partial charge in [0.15, 0.2) is 11.6 Å². The molecule has 53 heavy (non-hydrogen) atoms. The second kappa shape index (κ2) is 16.3. The van der Waals surface area contributed by atoms with Crippen molar-refractivity contribution < 1.29 is 33.4 Å². The van der Waals surface area contributed by atoms with Crippen molar-refractivity contribution in [2.75, 3.05) is 24.9 Å². The number of ketones is 2. The monoisotopic (exact) mass is 725 g/mol. The predicted octanol–water partition coefficient (Wildman–Crippen LogP) is 7.40. The zero-order chi connectivity index (χ0) is 37.5. The van der Waals surface area contributed by atoms with Crippen LogP contribution in [0.25, 0.3) is 6.08 Å². The van der Waals surface area contributed by atoms with E-state index in [1.807, 2.05) is 13.0 Å². The lowest BCUT2D eigenvalue weighted by molar-refractivity contribution is -0.116. The van der Waals surface area contributed by atoms with Gasteiger partial charge in [0.2, 0.25) is 5.91 Å². The zero-order valence-electron chi connectivity index (χ0n) is 29.1. The third-order valence-corrected chi connectivity index (χ3v) is 9.87. The largest absolute Gasteiger partial charge is 0.497 e. The minimum atomic E-state index is -0.597. The number of rotatable bonds is 12. The lowest BCUT2D eigenvalue weighted by Crippen LogP contribution is -2.30. The van der Waals surface area contributed by atoms with Crippen LogP contribution >= 0.6 is 11.8 Å². The van der Waals surface area contributed by atoms with Gasteiger partial charge < -0.3 is 25.4 Å². The van der Waals surface area contributed by atoms with Crippen LogP contribution in [0.1, 0.15) is 61.1 Å². The van der Waals surface area contributed by atoms with Crippen LogP contribution in [-0.4, -0.2) is 48.8 Å². The van der Waals surface area contributed by atoms with Crippen LogP contribution in [0.3, 0.4) is 0 Å². The fourth-order valence-electron chi connectivity index (χ4n) is 5.84. The SMILES string of the molecule is CCC(Sc1cccc(NC(=O)/C(=C\c2cc(OC)ccc2OC)NC(=O)c2ccccc2)c1)C(=O)Nc1cccc2c1C(=O)c1ccccc1C2=O. The van der Waals surface area contributed by atoms with Crippen molar-refractivity contribution in [3.63, 3.8) is 0 Å². The summed E-state index contributed by atoms with van der Waals surface area (Å²) >= 11 is 1.28. The summed E-state index contributed by atoms with van der Waals surface area (Å²) in [7, 11) is 3.02. The minimum Gasteiger partial charge on any atom is -0.497 e. The third-order valence-electron chi connectivity index (χ3n) is 8.51. The predicted molar refractivity (Wildman–Crippen MR) is 205 cm³/mol. The fraction of sp³-hybridized carbons (Fsp3) is 0.119. The molecule has 0 fully saturated rings. The van der Waals surface area contributed by atoms with E-state index < -0.39 is 17.1 Å². The van der Waals surface area contributed by atoms with Crippen molar-refractivity contribution in [1.82, 2.24) is 5.32 Å². The van der Waals surface area contributed by atoms with E-state index in [1.54, 1.807) is 109 Å². The number of benzene rings is 5. The van der Waals surface area contributed by atoms with E-state index in [0.717, 1.165) is 0 Å². The highest BCUT2D eigenvalue weighted by atomic mass is 32.2. The first-order chi connectivity index (χ1) is 25.7. The van der Waals surface area contributed by atoms with E-state index in [9.17, 15) is 24.0 Å². The van der Waals surface area contributed by atoms with Gasteiger partial charge in [-0.1, -0.05) is 67.6 Å². The highest BCUT2D eigenvalue weighted by Crippen LogP contribution is 2.34. The molecule has 3 N–H and O–H groups in total. The Morgan fingerprint density at radius 1 is 0.736 bits per heavy atom. The van der Waals surface area contributed by atoms with Crippen LogP contribution in [0.5, 0.6) is 11.5 Å². The maximum absolute atomic E-state index is 13.8. The maximum Gasteiger partial charge on any atom is 0.272 e. The van der Waals surface area contributed by atoms with E-state index in [4.69, 9.17) is 9.47 Å². The third kappa shape index (κ3) is 8.05. The first kappa shape index (κ1) is 36.3. The number of anilines is 2. The Kier molecular flexibility index (Phi) is 11.1. The molecule has 0 spiro atoms. The lowest BCUT2D eigenvalue weighted by atomic mass is 9.83. The molecule has 1 aliphatic rings. The molecule has 0 saturated carbocycles. The van der Waals surface area contributed by atoms with Gasteiger partial charge in [-0.2, -0.15) is 0 Å². The Balaban J connectivity index is 1.21. The van der Waals surface area contributed by atoms with Gasteiger partial charge in [0.05, 0.1) is 30.7 Å². The van der Waals surface area contributed by atoms with Crippen molar-refractivity contribution in [3.8, 4) is 11.5 Å². The average molecular weight is 726 g/mol. The molecule has 266 valence electrons. The number of carbonyl (C=O) groups excluding carboxylic acids is 5. The molecule has 0 saturated heterocycles. The van der Waals surface area contributed by atoms with Gasteiger partial charge in [-0.25, -0.2) is 0 Å². The van der Waals surface area contributed by atoms with Crippen LogP contribution in [0.2, 0.25) is 0 Å². The zero-order valence-corrected chi connectivity index (χ0v) is 29.9. The summed E-state index contributed by atoms with van der Waals surface area (Å²) in [6, 6.07) is 32.1. The van der Waals surface area contributed by atoms with Gasteiger partial charge in [-0.3, -0.25) is 24.0 Å². The van der Waals surface area contributed by atoms with E-state index in [0.29, 0.717) is 50.8 Å². The van der Waals surface area contributed by atoms with E-state index in [-0.39, 0.29) is 40.0 Å². The first-order valence-corrected chi connectivity index (χ1v) is 17.6. The van der Waals surface area contributed by atoms with Crippen LogP contribution in [0, 0.1) is 0 Å². The number of thioether (sulfide) groups is 1. The fourth-order valence-corrected chi connectivity index (χ4v) is 6.86. The Morgan fingerprint density at radius 3 is 2.15 bits per heavy atom. The molecule has 5 aromatic rings. The van der Waals surface area contributed by atoms with E-state index in [2.05, 4.69) is 16.0 Å². The van der Waals surface area contributed by atoms with Gasteiger partial charge in [0.1, 0.15) is 17.2 Å². The number of amides is 3.